The van der Waals surface area contributed by atoms with E-state index in [2.05, 4.69) is 41.6 Å². The number of benzene rings is 1. The highest BCUT2D eigenvalue weighted by molar-refractivity contribution is 7.99. The van der Waals surface area contributed by atoms with Gasteiger partial charge in [0.25, 0.3) is 0 Å². The van der Waals surface area contributed by atoms with E-state index >= 15 is 0 Å². The highest BCUT2D eigenvalue weighted by Gasteiger charge is 2.38. The summed E-state index contributed by atoms with van der Waals surface area (Å²) < 4.78 is 7.36. The van der Waals surface area contributed by atoms with E-state index in [9.17, 15) is 5.11 Å². The molecule has 1 aromatic heterocycles. The van der Waals surface area contributed by atoms with Crippen LogP contribution in [0.2, 0.25) is 0 Å². The molecule has 21 heavy (non-hydrogen) atoms. The Morgan fingerprint density at radius 1 is 1.38 bits per heavy atom. The Hall–Kier alpha value is -1.30. The summed E-state index contributed by atoms with van der Waals surface area (Å²) in [6, 6.07) is 6.43. The first kappa shape index (κ1) is 14.6. The number of aromatic nitrogens is 2. The van der Waals surface area contributed by atoms with Crippen molar-refractivity contribution in [1.82, 2.24) is 9.55 Å². The number of nitrogens with zero attached hydrogens (tertiary/aromatic N) is 2. The Balaban J connectivity index is 1.80. The van der Waals surface area contributed by atoms with Gasteiger partial charge in [0, 0.05) is 23.6 Å². The molecule has 0 spiro atoms. The third kappa shape index (κ3) is 2.86. The van der Waals surface area contributed by atoms with E-state index in [4.69, 9.17) is 4.74 Å². The number of hydrogen-bond donors (Lipinski definition) is 1. The normalized spacial score (nSPS) is 16.7. The van der Waals surface area contributed by atoms with E-state index in [1.807, 2.05) is 12.4 Å². The van der Waals surface area contributed by atoms with E-state index < -0.39 is 0 Å². The number of ether oxygens (including phenoxy) is 1. The molecule has 4 nitrogen and oxygen atoms in total. The maximum atomic E-state index is 9.51. The van der Waals surface area contributed by atoms with E-state index in [1.54, 1.807) is 11.8 Å². The molecule has 5 heteroatoms. The summed E-state index contributed by atoms with van der Waals surface area (Å²) in [6.45, 7) is 5.67. The average Bonchev–Trinajstić information content (AvgIpc) is 2.86. The zero-order chi connectivity index (χ0) is 14.9. The SMILES string of the molecule is Cc1ccc(-n2ccnc2SCC2(CO)COC2)c(C)c1. The first-order valence-corrected chi connectivity index (χ1v) is 8.04. The lowest BCUT2D eigenvalue weighted by Gasteiger charge is -2.39. The van der Waals surface area contributed by atoms with Crippen LogP contribution in [0.25, 0.3) is 5.69 Å². The molecule has 2 heterocycles. The second-order valence-corrected chi connectivity index (χ2v) is 6.75. The summed E-state index contributed by atoms with van der Waals surface area (Å²) in [7, 11) is 0. The monoisotopic (exact) mass is 304 g/mol. The molecule has 0 aliphatic carbocycles. The van der Waals surface area contributed by atoms with E-state index in [-0.39, 0.29) is 12.0 Å². The van der Waals surface area contributed by atoms with Gasteiger partial charge in [-0.25, -0.2) is 4.98 Å². The van der Waals surface area contributed by atoms with Crippen LogP contribution in [0, 0.1) is 19.3 Å². The van der Waals surface area contributed by atoms with Crippen LogP contribution in [0.15, 0.2) is 35.7 Å². The Morgan fingerprint density at radius 2 is 2.19 bits per heavy atom. The predicted molar refractivity (Wildman–Crippen MR) is 84.1 cm³/mol. The molecule has 1 fully saturated rings. The van der Waals surface area contributed by atoms with E-state index in [0.717, 1.165) is 16.6 Å². The van der Waals surface area contributed by atoms with E-state index in [1.165, 1.54) is 11.1 Å². The summed E-state index contributed by atoms with van der Waals surface area (Å²) in [4.78, 5) is 4.46. The molecule has 1 aliphatic heterocycles. The second kappa shape index (κ2) is 5.83. The summed E-state index contributed by atoms with van der Waals surface area (Å²) in [5.74, 6) is 0.825. The summed E-state index contributed by atoms with van der Waals surface area (Å²) >= 11 is 1.68. The molecule has 0 saturated carbocycles. The van der Waals surface area contributed by atoms with Crippen molar-refractivity contribution < 1.29 is 9.84 Å². The lowest BCUT2D eigenvalue weighted by atomic mass is 9.90. The van der Waals surface area contributed by atoms with Gasteiger partial charge in [-0.3, -0.25) is 4.57 Å². The van der Waals surface area contributed by atoms with Crippen molar-refractivity contribution in [3.05, 3.63) is 41.7 Å². The van der Waals surface area contributed by atoms with Crippen molar-refractivity contribution in [2.24, 2.45) is 5.41 Å². The highest BCUT2D eigenvalue weighted by Crippen LogP contribution is 2.34. The Bertz CT molecular complexity index is 629. The number of aliphatic hydroxyl groups is 1. The van der Waals surface area contributed by atoms with Gasteiger partial charge in [0.15, 0.2) is 5.16 Å². The minimum Gasteiger partial charge on any atom is -0.396 e. The van der Waals surface area contributed by atoms with Crippen molar-refractivity contribution in [2.75, 3.05) is 25.6 Å². The van der Waals surface area contributed by atoms with Crippen molar-refractivity contribution in [3.8, 4) is 5.69 Å². The molecular weight excluding hydrogens is 284 g/mol. The third-order valence-electron chi connectivity index (χ3n) is 3.88. The molecule has 2 aromatic rings. The van der Waals surface area contributed by atoms with Gasteiger partial charge in [0.1, 0.15) is 0 Å². The second-order valence-electron chi connectivity index (χ2n) is 5.81. The Labute approximate surface area is 129 Å². The van der Waals surface area contributed by atoms with Gasteiger partial charge in [0.2, 0.25) is 0 Å². The average molecular weight is 304 g/mol. The number of aryl methyl sites for hydroxylation is 2. The van der Waals surface area contributed by atoms with Crippen LogP contribution in [0.5, 0.6) is 0 Å². The molecular formula is C16H20N2O2S. The number of imidazole rings is 1. The van der Waals surface area contributed by atoms with Crippen LogP contribution in [-0.4, -0.2) is 40.2 Å². The lowest BCUT2D eigenvalue weighted by Crippen LogP contribution is -2.47. The first-order valence-electron chi connectivity index (χ1n) is 7.06. The minimum atomic E-state index is -0.0935. The van der Waals surface area contributed by atoms with Crippen LogP contribution >= 0.6 is 11.8 Å². The topological polar surface area (TPSA) is 47.3 Å². The zero-order valence-corrected chi connectivity index (χ0v) is 13.2. The lowest BCUT2D eigenvalue weighted by molar-refractivity contribution is -0.121. The summed E-state index contributed by atoms with van der Waals surface area (Å²) in [6.07, 6.45) is 3.81. The maximum Gasteiger partial charge on any atom is 0.172 e. The molecule has 1 aliphatic rings. The molecule has 0 amide bonds. The van der Waals surface area contributed by atoms with Gasteiger partial charge in [-0.2, -0.15) is 0 Å². The molecule has 0 unspecified atom stereocenters. The van der Waals surface area contributed by atoms with Gasteiger partial charge < -0.3 is 9.84 Å². The van der Waals surface area contributed by atoms with Crippen molar-refractivity contribution >= 4 is 11.8 Å². The predicted octanol–water partition coefficient (Wildman–Crippen LogP) is 2.59. The molecule has 1 saturated heterocycles. The molecule has 0 bridgehead atoms. The van der Waals surface area contributed by atoms with Crippen LogP contribution in [0.1, 0.15) is 11.1 Å². The van der Waals surface area contributed by atoms with Crippen LogP contribution in [-0.2, 0) is 4.74 Å². The van der Waals surface area contributed by atoms with Crippen molar-refractivity contribution in [3.63, 3.8) is 0 Å². The molecule has 112 valence electrons. The Morgan fingerprint density at radius 3 is 2.81 bits per heavy atom. The van der Waals surface area contributed by atoms with Gasteiger partial charge in [-0.15, -0.1) is 0 Å². The molecule has 0 radical (unpaired) electrons. The number of hydrogen-bond acceptors (Lipinski definition) is 4. The summed E-state index contributed by atoms with van der Waals surface area (Å²) in [5, 5.41) is 10.5. The molecule has 1 N–H and O–H groups in total. The van der Waals surface area contributed by atoms with Gasteiger partial charge in [-0.05, 0) is 25.5 Å². The van der Waals surface area contributed by atoms with Crippen LogP contribution < -0.4 is 0 Å². The smallest absolute Gasteiger partial charge is 0.172 e. The zero-order valence-electron chi connectivity index (χ0n) is 12.4. The minimum absolute atomic E-state index is 0.0935. The van der Waals surface area contributed by atoms with Gasteiger partial charge >= 0.3 is 0 Å². The number of aliphatic hydroxyl groups excluding tert-OH is 1. The summed E-state index contributed by atoms with van der Waals surface area (Å²) in [5.41, 5.74) is 3.56. The van der Waals surface area contributed by atoms with Crippen LogP contribution in [0.4, 0.5) is 0 Å². The number of thioether (sulfide) groups is 1. The first-order chi connectivity index (χ1) is 10.1. The number of rotatable bonds is 5. The van der Waals surface area contributed by atoms with E-state index in [0.29, 0.717) is 13.2 Å². The highest BCUT2D eigenvalue weighted by atomic mass is 32.2. The third-order valence-corrected chi connectivity index (χ3v) is 5.20. The fraction of sp³-hybridized carbons (Fsp3) is 0.438. The Kier molecular flexibility index (Phi) is 4.06. The fourth-order valence-electron chi connectivity index (χ4n) is 2.48. The quantitative estimate of drug-likeness (QED) is 0.863. The van der Waals surface area contributed by atoms with Crippen molar-refractivity contribution in [2.45, 2.75) is 19.0 Å². The molecule has 0 atom stereocenters. The fourth-order valence-corrected chi connectivity index (χ4v) is 3.61. The van der Waals surface area contributed by atoms with Crippen molar-refractivity contribution in [1.29, 1.82) is 0 Å². The molecule has 3 rings (SSSR count). The van der Waals surface area contributed by atoms with Gasteiger partial charge in [-0.1, -0.05) is 29.5 Å². The molecule has 1 aromatic carbocycles. The standard InChI is InChI=1S/C16H20N2O2S/c1-12-3-4-14(13(2)7-12)18-6-5-17-15(18)21-11-16(8-19)9-20-10-16/h3-7,19H,8-11H2,1-2H3. The van der Waals surface area contributed by atoms with Crippen LogP contribution in [0.3, 0.4) is 0 Å². The largest absolute Gasteiger partial charge is 0.396 e. The maximum absolute atomic E-state index is 9.51. The van der Waals surface area contributed by atoms with Gasteiger partial charge in [0.05, 0.1) is 25.5 Å².